The summed E-state index contributed by atoms with van der Waals surface area (Å²) in [6.07, 6.45) is 4.04. The van der Waals surface area contributed by atoms with Gasteiger partial charge in [-0.05, 0) is 25.5 Å². The highest BCUT2D eigenvalue weighted by molar-refractivity contribution is 8.00. The minimum atomic E-state index is -0.768. The van der Waals surface area contributed by atoms with Gasteiger partial charge < -0.3 is 5.11 Å². The highest BCUT2D eigenvalue weighted by Crippen LogP contribution is 2.26. The minimum absolute atomic E-state index is 0.0296. The first kappa shape index (κ1) is 18.7. The largest absolute Gasteiger partial charge is 0.481 e. The Kier molecular flexibility index (Phi) is 8.16. The molecule has 2 amide bonds. The summed E-state index contributed by atoms with van der Waals surface area (Å²) in [4.78, 5) is 46.3. The molecule has 1 aliphatic heterocycles. The summed E-state index contributed by atoms with van der Waals surface area (Å²) in [6.45, 7) is 1.64. The summed E-state index contributed by atoms with van der Waals surface area (Å²) < 4.78 is 0. The van der Waals surface area contributed by atoms with Crippen LogP contribution in [0.1, 0.15) is 51.9 Å². The molecule has 0 aromatic rings. The van der Waals surface area contributed by atoms with E-state index in [0.717, 1.165) is 25.0 Å². The molecule has 0 radical (unpaired) electrons. The van der Waals surface area contributed by atoms with Gasteiger partial charge in [0.2, 0.25) is 11.8 Å². The van der Waals surface area contributed by atoms with E-state index in [2.05, 4.69) is 0 Å². The number of carbonyl (C=O) groups excluding carboxylic acids is 3. The molecule has 0 aromatic heterocycles. The zero-order valence-electron chi connectivity index (χ0n) is 12.9. The van der Waals surface area contributed by atoms with Crippen LogP contribution >= 0.6 is 11.8 Å². The molecule has 1 fully saturated rings. The van der Waals surface area contributed by atoms with Crippen LogP contribution in [-0.2, 0) is 19.2 Å². The number of carboxylic acids is 1. The van der Waals surface area contributed by atoms with E-state index >= 15 is 0 Å². The normalized spacial score (nSPS) is 18.0. The molecule has 0 saturated carbocycles. The number of likely N-dealkylation sites (tertiary alicyclic amines) is 1. The van der Waals surface area contributed by atoms with Gasteiger partial charge >= 0.3 is 5.97 Å². The maximum absolute atomic E-state index is 12.1. The first-order valence-corrected chi connectivity index (χ1v) is 8.63. The first-order valence-electron chi connectivity index (χ1n) is 7.59. The number of unbranched alkanes of at least 4 members (excludes halogenated alkanes) is 3. The van der Waals surface area contributed by atoms with Gasteiger partial charge in [-0.25, -0.2) is 0 Å². The number of carboxylic acid groups (broad SMARTS) is 1. The molecule has 7 heteroatoms. The molecule has 1 heterocycles. The molecule has 0 spiro atoms. The number of imide groups is 1. The van der Waals surface area contributed by atoms with Crippen LogP contribution in [-0.4, -0.2) is 51.1 Å². The van der Waals surface area contributed by atoms with Crippen molar-refractivity contribution < 1.29 is 24.3 Å². The van der Waals surface area contributed by atoms with E-state index in [1.807, 2.05) is 0 Å². The number of ketones is 1. The predicted molar refractivity (Wildman–Crippen MR) is 83.6 cm³/mol. The summed E-state index contributed by atoms with van der Waals surface area (Å²) in [5.41, 5.74) is 0. The lowest BCUT2D eigenvalue weighted by atomic mass is 10.2. The predicted octanol–water partition coefficient (Wildman–Crippen LogP) is 1.86. The van der Waals surface area contributed by atoms with E-state index in [0.29, 0.717) is 6.42 Å². The van der Waals surface area contributed by atoms with Crippen molar-refractivity contribution in [2.24, 2.45) is 0 Å². The number of hydrogen-bond acceptors (Lipinski definition) is 5. The van der Waals surface area contributed by atoms with Crippen LogP contribution in [0.25, 0.3) is 0 Å². The Labute approximate surface area is 134 Å². The third kappa shape index (κ3) is 6.60. The molecule has 22 heavy (non-hydrogen) atoms. The van der Waals surface area contributed by atoms with Crippen molar-refractivity contribution >= 4 is 35.3 Å². The molecule has 1 aliphatic rings. The van der Waals surface area contributed by atoms with Crippen molar-refractivity contribution in [1.82, 2.24) is 4.90 Å². The fourth-order valence-corrected chi connectivity index (χ4v) is 3.43. The zero-order chi connectivity index (χ0) is 16.5. The fraction of sp³-hybridized carbons (Fsp3) is 0.733. The van der Waals surface area contributed by atoms with Crippen LogP contribution < -0.4 is 0 Å². The van der Waals surface area contributed by atoms with E-state index in [1.54, 1.807) is 0 Å². The Morgan fingerprint density at radius 2 is 1.86 bits per heavy atom. The van der Waals surface area contributed by atoms with E-state index in [1.165, 1.54) is 23.6 Å². The Balaban J connectivity index is 2.18. The molecule has 0 aliphatic carbocycles. The lowest BCUT2D eigenvalue weighted by molar-refractivity contribution is -0.139. The van der Waals surface area contributed by atoms with Crippen LogP contribution in [0.3, 0.4) is 0 Å². The van der Waals surface area contributed by atoms with Crippen molar-refractivity contribution in [3.8, 4) is 0 Å². The molecule has 6 nitrogen and oxygen atoms in total. The molecular formula is C15H23NO5S. The van der Waals surface area contributed by atoms with Gasteiger partial charge in [0.05, 0.1) is 5.25 Å². The van der Waals surface area contributed by atoms with Crippen molar-refractivity contribution in [3.05, 3.63) is 0 Å². The molecule has 0 bridgehead atoms. The second-order valence-electron chi connectivity index (χ2n) is 5.46. The van der Waals surface area contributed by atoms with Gasteiger partial charge in [0, 0.05) is 25.8 Å². The first-order chi connectivity index (χ1) is 10.4. The van der Waals surface area contributed by atoms with Crippen LogP contribution in [0, 0.1) is 0 Å². The minimum Gasteiger partial charge on any atom is -0.481 e. The van der Waals surface area contributed by atoms with E-state index in [-0.39, 0.29) is 48.7 Å². The summed E-state index contributed by atoms with van der Waals surface area (Å²) in [7, 11) is 0. The van der Waals surface area contributed by atoms with Crippen LogP contribution in [0.15, 0.2) is 0 Å². The molecular weight excluding hydrogens is 306 g/mol. The van der Waals surface area contributed by atoms with Crippen molar-refractivity contribution in [2.75, 3.05) is 12.3 Å². The molecule has 1 atom stereocenters. The number of carbonyl (C=O) groups is 4. The van der Waals surface area contributed by atoms with E-state index in [9.17, 15) is 19.2 Å². The highest BCUT2D eigenvalue weighted by Gasteiger charge is 2.38. The number of Topliss-reactive ketones (excluding diaryl/α,β-unsaturated/α-hetero) is 1. The Morgan fingerprint density at radius 3 is 2.50 bits per heavy atom. The van der Waals surface area contributed by atoms with Gasteiger partial charge in [0.1, 0.15) is 5.78 Å². The summed E-state index contributed by atoms with van der Waals surface area (Å²) in [6, 6.07) is 0. The number of amides is 2. The quantitative estimate of drug-likeness (QED) is 0.459. The fourth-order valence-electron chi connectivity index (χ4n) is 2.24. The van der Waals surface area contributed by atoms with Gasteiger partial charge in [-0.2, -0.15) is 0 Å². The molecule has 1 saturated heterocycles. The molecule has 1 unspecified atom stereocenters. The number of thioether (sulfide) groups is 1. The third-order valence-electron chi connectivity index (χ3n) is 3.49. The smallest absolute Gasteiger partial charge is 0.303 e. The maximum atomic E-state index is 12.1. The van der Waals surface area contributed by atoms with Crippen molar-refractivity contribution in [3.63, 3.8) is 0 Å². The Hall–Kier alpha value is -1.37. The number of rotatable bonds is 11. The van der Waals surface area contributed by atoms with Crippen molar-refractivity contribution in [2.45, 2.75) is 57.1 Å². The maximum Gasteiger partial charge on any atom is 0.303 e. The number of aliphatic carboxylic acids is 1. The Morgan fingerprint density at radius 1 is 1.18 bits per heavy atom. The summed E-state index contributed by atoms with van der Waals surface area (Å²) in [5.74, 6) is -0.377. The van der Waals surface area contributed by atoms with Crippen molar-refractivity contribution in [1.29, 1.82) is 0 Å². The second kappa shape index (κ2) is 9.61. The van der Waals surface area contributed by atoms with Crippen LogP contribution in [0.5, 0.6) is 0 Å². The monoisotopic (exact) mass is 329 g/mol. The second-order valence-corrected chi connectivity index (χ2v) is 6.77. The average Bonchev–Trinajstić information content (AvgIpc) is 2.70. The van der Waals surface area contributed by atoms with Crippen LogP contribution in [0.2, 0.25) is 0 Å². The third-order valence-corrected chi connectivity index (χ3v) is 4.79. The summed E-state index contributed by atoms with van der Waals surface area (Å²) >= 11 is 1.48. The highest BCUT2D eigenvalue weighted by atomic mass is 32.2. The lowest BCUT2D eigenvalue weighted by Crippen LogP contribution is -2.33. The standard InChI is InChI=1S/C15H23NO5S/c1-11(17)7-8-16-13(18)10-12(15(16)21)22-9-5-3-2-4-6-14(19)20/h12H,2-10H2,1H3,(H,19,20). The zero-order valence-corrected chi connectivity index (χ0v) is 13.7. The SMILES string of the molecule is CC(=O)CCN1C(=O)CC(SCCCCCCC(=O)O)C1=O. The van der Waals surface area contributed by atoms with Gasteiger partial charge in [-0.3, -0.25) is 24.1 Å². The van der Waals surface area contributed by atoms with Crippen LogP contribution in [0.4, 0.5) is 0 Å². The molecule has 124 valence electrons. The number of nitrogens with zero attached hydrogens (tertiary/aromatic N) is 1. The topological polar surface area (TPSA) is 91.8 Å². The molecule has 1 N–H and O–H groups in total. The van der Waals surface area contributed by atoms with Gasteiger partial charge in [-0.15, -0.1) is 11.8 Å². The van der Waals surface area contributed by atoms with Gasteiger partial charge in [0.25, 0.3) is 0 Å². The number of hydrogen-bond donors (Lipinski definition) is 1. The Bertz CT molecular complexity index is 438. The molecule has 0 aromatic carbocycles. The van der Waals surface area contributed by atoms with E-state index in [4.69, 9.17) is 5.11 Å². The summed E-state index contributed by atoms with van der Waals surface area (Å²) in [5, 5.41) is 8.20. The lowest BCUT2D eigenvalue weighted by Gasteiger charge is -2.13. The van der Waals surface area contributed by atoms with Gasteiger partial charge in [-0.1, -0.05) is 12.8 Å². The van der Waals surface area contributed by atoms with Gasteiger partial charge in [0.15, 0.2) is 0 Å². The molecule has 1 rings (SSSR count). The van der Waals surface area contributed by atoms with E-state index < -0.39 is 5.97 Å². The average molecular weight is 329 g/mol.